The van der Waals surface area contributed by atoms with E-state index in [4.69, 9.17) is 9.52 Å². The van der Waals surface area contributed by atoms with Crippen LogP contribution in [0.15, 0.2) is 41.0 Å². The Morgan fingerprint density at radius 3 is 2.65 bits per heavy atom. The predicted molar refractivity (Wildman–Crippen MR) is 59.5 cm³/mol. The molecule has 5 nitrogen and oxygen atoms in total. The normalized spacial score (nSPS) is 11.6. The van der Waals surface area contributed by atoms with Gasteiger partial charge in [0.25, 0.3) is 5.78 Å². The molecule has 0 aliphatic heterocycles. The minimum Gasteiger partial charge on any atom is -0.507 e. The predicted octanol–water partition coefficient (Wildman–Crippen LogP) is 1.99. The topological polar surface area (TPSA) is 87.7 Å². The van der Waals surface area contributed by atoms with Crippen LogP contribution in [0, 0.1) is 0 Å². The Labute approximate surface area is 95.6 Å². The van der Waals surface area contributed by atoms with Crippen LogP contribution in [0.1, 0.15) is 5.56 Å². The van der Waals surface area contributed by atoms with Gasteiger partial charge in [0.15, 0.2) is 0 Å². The molecule has 0 spiro atoms. The first-order valence-electron chi connectivity index (χ1n) is 4.73. The number of ketones is 1. The lowest BCUT2D eigenvalue weighted by Gasteiger charge is -1.99. The Balaban J connectivity index is 2.39. The zero-order valence-electron chi connectivity index (χ0n) is 8.58. The number of aliphatic hydroxyl groups is 1. The van der Waals surface area contributed by atoms with Crippen LogP contribution in [0.4, 0.5) is 0 Å². The van der Waals surface area contributed by atoms with Gasteiger partial charge in [-0.2, -0.15) is 0 Å². The molecule has 0 unspecified atom stereocenters. The monoisotopic (exact) mass is 232 g/mol. The fourth-order valence-electron chi connectivity index (χ4n) is 1.38. The lowest BCUT2D eigenvalue weighted by Crippen LogP contribution is -2.09. The van der Waals surface area contributed by atoms with E-state index in [9.17, 15) is 14.7 Å². The van der Waals surface area contributed by atoms with E-state index >= 15 is 0 Å². The first-order valence-corrected chi connectivity index (χ1v) is 4.73. The molecule has 0 atom stereocenters. The molecule has 0 aliphatic carbocycles. The quantitative estimate of drug-likeness (QED) is 0.480. The highest BCUT2D eigenvalue weighted by Crippen LogP contribution is 2.20. The van der Waals surface area contributed by atoms with Gasteiger partial charge >= 0.3 is 5.97 Å². The summed E-state index contributed by atoms with van der Waals surface area (Å²) >= 11 is 0. The summed E-state index contributed by atoms with van der Waals surface area (Å²) in [6.45, 7) is 0. The lowest BCUT2D eigenvalue weighted by molar-refractivity contribution is -0.146. The molecule has 1 heterocycles. The minimum absolute atomic E-state index is 0.321. The summed E-state index contributed by atoms with van der Waals surface area (Å²) in [4.78, 5) is 21.2. The fourth-order valence-corrected chi connectivity index (χ4v) is 1.38. The minimum atomic E-state index is -1.62. The molecule has 1 aromatic heterocycles. The van der Waals surface area contributed by atoms with Crippen molar-refractivity contribution in [1.29, 1.82) is 0 Å². The highest BCUT2D eigenvalue weighted by atomic mass is 16.4. The van der Waals surface area contributed by atoms with Gasteiger partial charge in [-0.15, -0.1) is 0 Å². The fraction of sp³-hybridized carbons (Fsp3) is 0. The number of rotatable bonds is 3. The van der Waals surface area contributed by atoms with Gasteiger partial charge in [-0.25, -0.2) is 4.79 Å². The third kappa shape index (κ3) is 2.17. The number of fused-ring (bicyclic) bond motifs is 1. The van der Waals surface area contributed by atoms with Crippen LogP contribution >= 0.6 is 0 Å². The van der Waals surface area contributed by atoms with Crippen molar-refractivity contribution in [3.8, 4) is 0 Å². The second-order valence-corrected chi connectivity index (χ2v) is 3.37. The molecule has 2 N–H and O–H groups in total. The number of benzene rings is 1. The number of carboxylic acid groups (broad SMARTS) is 1. The molecular weight excluding hydrogens is 224 g/mol. The summed E-state index contributed by atoms with van der Waals surface area (Å²) in [6, 6.07) is 6.54. The average molecular weight is 232 g/mol. The average Bonchev–Trinajstić information content (AvgIpc) is 2.75. The Hall–Kier alpha value is -2.56. The second-order valence-electron chi connectivity index (χ2n) is 3.37. The summed E-state index contributed by atoms with van der Waals surface area (Å²) in [5.74, 6) is -3.20. The van der Waals surface area contributed by atoms with Gasteiger partial charge in [0.05, 0.1) is 6.26 Å². The van der Waals surface area contributed by atoms with Crippen LogP contribution in [0.2, 0.25) is 0 Å². The van der Waals surface area contributed by atoms with Crippen LogP contribution in [-0.4, -0.2) is 22.0 Å². The molecule has 5 heteroatoms. The summed E-state index contributed by atoms with van der Waals surface area (Å²) in [6.07, 6.45) is 2.16. The smallest absolute Gasteiger partial charge is 0.376 e. The van der Waals surface area contributed by atoms with E-state index in [0.29, 0.717) is 17.2 Å². The van der Waals surface area contributed by atoms with Gasteiger partial charge in [0.2, 0.25) is 0 Å². The van der Waals surface area contributed by atoms with Crippen molar-refractivity contribution in [2.75, 3.05) is 0 Å². The highest BCUT2D eigenvalue weighted by molar-refractivity contribution is 6.38. The lowest BCUT2D eigenvalue weighted by atomic mass is 10.1. The third-order valence-electron chi connectivity index (χ3n) is 2.23. The van der Waals surface area contributed by atoms with E-state index in [-0.39, 0.29) is 0 Å². The molecule has 0 radical (unpaired) electrons. The van der Waals surface area contributed by atoms with Crippen LogP contribution in [0.3, 0.4) is 0 Å². The van der Waals surface area contributed by atoms with E-state index < -0.39 is 17.5 Å². The van der Waals surface area contributed by atoms with Crippen molar-refractivity contribution >= 4 is 28.5 Å². The maximum atomic E-state index is 10.9. The van der Waals surface area contributed by atoms with Gasteiger partial charge in [-0.3, -0.25) is 4.79 Å². The van der Waals surface area contributed by atoms with Crippen LogP contribution in [0.5, 0.6) is 0 Å². The standard InChI is InChI=1S/C12H8O5/c13-9(6-10(14)12(15)16)8-2-1-7-3-4-17-11(7)5-8/h1-6,13H,(H,15,16). The number of carbonyl (C=O) groups excluding carboxylic acids is 1. The van der Waals surface area contributed by atoms with Crippen LogP contribution < -0.4 is 0 Å². The molecule has 2 rings (SSSR count). The Morgan fingerprint density at radius 2 is 1.94 bits per heavy atom. The van der Waals surface area contributed by atoms with Crippen LogP contribution in [0.25, 0.3) is 16.7 Å². The first-order chi connectivity index (χ1) is 8.08. The van der Waals surface area contributed by atoms with E-state index in [1.165, 1.54) is 12.3 Å². The Morgan fingerprint density at radius 1 is 1.18 bits per heavy atom. The molecule has 2 aromatic rings. The van der Waals surface area contributed by atoms with Crippen molar-refractivity contribution in [2.45, 2.75) is 0 Å². The molecule has 0 bridgehead atoms. The zero-order chi connectivity index (χ0) is 12.4. The van der Waals surface area contributed by atoms with Crippen molar-refractivity contribution in [2.24, 2.45) is 0 Å². The number of hydrogen-bond donors (Lipinski definition) is 2. The number of carbonyl (C=O) groups is 2. The first kappa shape index (κ1) is 10.9. The molecule has 0 saturated carbocycles. The van der Waals surface area contributed by atoms with Gasteiger partial charge in [0, 0.05) is 17.0 Å². The van der Waals surface area contributed by atoms with Gasteiger partial charge in [-0.05, 0) is 12.1 Å². The van der Waals surface area contributed by atoms with E-state index in [2.05, 4.69) is 0 Å². The molecule has 86 valence electrons. The van der Waals surface area contributed by atoms with Crippen molar-refractivity contribution < 1.29 is 24.2 Å². The van der Waals surface area contributed by atoms with Gasteiger partial charge in [-0.1, -0.05) is 12.1 Å². The molecule has 0 saturated heterocycles. The molecule has 17 heavy (non-hydrogen) atoms. The molecule has 0 amide bonds. The zero-order valence-corrected chi connectivity index (χ0v) is 8.58. The maximum absolute atomic E-state index is 10.9. The number of aliphatic carboxylic acids is 1. The molecule has 0 fully saturated rings. The van der Waals surface area contributed by atoms with Crippen molar-refractivity contribution in [3.05, 3.63) is 42.2 Å². The second kappa shape index (κ2) is 4.13. The van der Waals surface area contributed by atoms with Crippen LogP contribution in [-0.2, 0) is 9.59 Å². The SMILES string of the molecule is O=C(O)C(=O)C=C(O)c1ccc2ccoc2c1. The van der Waals surface area contributed by atoms with Gasteiger partial charge < -0.3 is 14.6 Å². The van der Waals surface area contributed by atoms with E-state index in [0.717, 1.165) is 5.39 Å². The number of carboxylic acids is 1. The van der Waals surface area contributed by atoms with Gasteiger partial charge in [0.1, 0.15) is 11.3 Å². The molecule has 1 aromatic carbocycles. The largest absolute Gasteiger partial charge is 0.507 e. The third-order valence-corrected chi connectivity index (χ3v) is 2.23. The number of hydrogen-bond acceptors (Lipinski definition) is 4. The Bertz CT molecular complexity index is 621. The van der Waals surface area contributed by atoms with Crippen molar-refractivity contribution in [1.82, 2.24) is 0 Å². The van der Waals surface area contributed by atoms with E-state index in [1.807, 2.05) is 0 Å². The summed E-state index contributed by atoms with van der Waals surface area (Å²) < 4.78 is 5.12. The summed E-state index contributed by atoms with van der Waals surface area (Å²) in [5, 5.41) is 18.8. The van der Waals surface area contributed by atoms with E-state index in [1.54, 1.807) is 18.2 Å². The molecule has 0 aliphatic rings. The highest BCUT2D eigenvalue weighted by Gasteiger charge is 2.11. The number of furan rings is 1. The summed E-state index contributed by atoms with van der Waals surface area (Å²) in [5.41, 5.74) is 0.868. The number of aliphatic hydroxyl groups excluding tert-OH is 1. The van der Waals surface area contributed by atoms with Crippen molar-refractivity contribution in [3.63, 3.8) is 0 Å². The Kier molecular flexibility index (Phi) is 2.66. The molecular formula is C12H8O5. The maximum Gasteiger partial charge on any atom is 0.376 e. The summed E-state index contributed by atoms with van der Waals surface area (Å²) in [7, 11) is 0.